The first kappa shape index (κ1) is 12.8. The van der Waals surface area contributed by atoms with Crippen LogP contribution < -0.4 is 0 Å². The van der Waals surface area contributed by atoms with Crippen molar-refractivity contribution in [1.29, 1.82) is 0 Å². The predicted molar refractivity (Wildman–Crippen MR) is 61.5 cm³/mol. The summed E-state index contributed by atoms with van der Waals surface area (Å²) in [7, 11) is 0. The first-order chi connectivity index (χ1) is 8.48. The maximum Gasteiger partial charge on any atom is 0.408 e. The number of amides is 1. The van der Waals surface area contributed by atoms with Crippen LogP contribution in [-0.2, 0) is 0 Å². The number of halogens is 1. The molecule has 2 atom stereocenters. The second-order valence-electron chi connectivity index (χ2n) is 4.80. The van der Waals surface area contributed by atoms with Crippen molar-refractivity contribution < 1.29 is 19.4 Å². The minimum atomic E-state index is -1.11. The molecule has 5 nitrogen and oxygen atoms in total. The first-order valence-corrected chi connectivity index (χ1v) is 5.71. The van der Waals surface area contributed by atoms with Crippen LogP contribution in [0.25, 0.3) is 0 Å². The molecule has 1 aliphatic rings. The van der Waals surface area contributed by atoms with E-state index in [1.165, 1.54) is 17.2 Å². The average Bonchev–Trinajstić information content (AvgIpc) is 2.68. The Morgan fingerprint density at radius 1 is 1.67 bits per heavy atom. The van der Waals surface area contributed by atoms with Crippen LogP contribution in [0.5, 0.6) is 0 Å². The van der Waals surface area contributed by atoms with Crippen molar-refractivity contribution in [3.05, 3.63) is 29.8 Å². The Morgan fingerprint density at radius 3 is 2.94 bits per heavy atom. The number of rotatable bonds is 2. The van der Waals surface area contributed by atoms with E-state index in [-0.39, 0.29) is 6.61 Å². The average molecular weight is 254 g/mol. The number of carboxylic acid groups (broad SMARTS) is 1. The molecule has 1 saturated heterocycles. The van der Waals surface area contributed by atoms with E-state index >= 15 is 0 Å². The monoisotopic (exact) mass is 254 g/mol. The standard InChI is InChI=1S/C12H15FN2O3/c1-12(7-16)3-2-10(15(12)11(17)18)8-4-9(13)6-14-5-8/h4-6,10,16H,2-3,7H2,1H3,(H,17,18)/t10-,12+/m1/s1. The number of carbonyl (C=O) groups is 1. The van der Waals surface area contributed by atoms with E-state index < -0.39 is 23.5 Å². The van der Waals surface area contributed by atoms with Gasteiger partial charge in [0.1, 0.15) is 5.82 Å². The highest BCUT2D eigenvalue weighted by Gasteiger charge is 2.46. The molecule has 0 radical (unpaired) electrons. The minimum absolute atomic E-state index is 0.251. The van der Waals surface area contributed by atoms with Gasteiger partial charge in [-0.15, -0.1) is 0 Å². The summed E-state index contributed by atoms with van der Waals surface area (Å²) in [6, 6.07) is 0.833. The zero-order valence-electron chi connectivity index (χ0n) is 10.0. The molecule has 0 spiro atoms. The van der Waals surface area contributed by atoms with E-state index in [0.717, 1.165) is 6.20 Å². The smallest absolute Gasteiger partial charge is 0.408 e. The third-order valence-corrected chi connectivity index (χ3v) is 3.51. The van der Waals surface area contributed by atoms with Gasteiger partial charge in [0.25, 0.3) is 0 Å². The van der Waals surface area contributed by atoms with Gasteiger partial charge in [0.15, 0.2) is 0 Å². The van der Waals surface area contributed by atoms with Gasteiger partial charge in [-0.05, 0) is 31.4 Å². The second-order valence-corrected chi connectivity index (χ2v) is 4.80. The van der Waals surface area contributed by atoms with Crippen molar-refractivity contribution in [1.82, 2.24) is 9.88 Å². The SMILES string of the molecule is C[C@@]1(CO)CC[C@H](c2cncc(F)c2)N1C(=O)O. The largest absolute Gasteiger partial charge is 0.465 e. The molecule has 1 fully saturated rings. The van der Waals surface area contributed by atoms with E-state index in [2.05, 4.69) is 4.98 Å². The molecule has 0 bridgehead atoms. The maximum absolute atomic E-state index is 13.1. The summed E-state index contributed by atoms with van der Waals surface area (Å²) >= 11 is 0. The number of aromatic nitrogens is 1. The van der Waals surface area contributed by atoms with E-state index in [1.54, 1.807) is 6.92 Å². The van der Waals surface area contributed by atoms with Crippen molar-refractivity contribution >= 4 is 6.09 Å². The van der Waals surface area contributed by atoms with Crippen molar-refractivity contribution in [2.75, 3.05) is 6.61 Å². The second kappa shape index (κ2) is 4.53. The van der Waals surface area contributed by atoms with Crippen LogP contribution in [-0.4, -0.2) is 38.3 Å². The van der Waals surface area contributed by atoms with Gasteiger partial charge >= 0.3 is 6.09 Å². The van der Waals surface area contributed by atoms with E-state index in [1.807, 2.05) is 0 Å². The molecular weight excluding hydrogens is 239 g/mol. The number of aliphatic hydroxyl groups is 1. The van der Waals surface area contributed by atoms with Crippen LogP contribution in [0.1, 0.15) is 31.4 Å². The zero-order chi connectivity index (χ0) is 13.3. The lowest BCUT2D eigenvalue weighted by Crippen LogP contribution is -2.48. The Kier molecular flexibility index (Phi) is 3.21. The highest BCUT2D eigenvalue weighted by molar-refractivity contribution is 5.67. The number of hydrogen-bond acceptors (Lipinski definition) is 3. The molecule has 1 aliphatic heterocycles. The topological polar surface area (TPSA) is 73.7 Å². The quantitative estimate of drug-likeness (QED) is 0.843. The molecule has 0 aliphatic carbocycles. The fourth-order valence-electron chi connectivity index (χ4n) is 2.52. The first-order valence-electron chi connectivity index (χ1n) is 5.71. The molecule has 18 heavy (non-hydrogen) atoms. The Labute approximate surface area is 104 Å². The van der Waals surface area contributed by atoms with Crippen molar-refractivity contribution in [3.8, 4) is 0 Å². The fraction of sp³-hybridized carbons (Fsp3) is 0.500. The normalized spacial score (nSPS) is 27.5. The summed E-state index contributed by atoms with van der Waals surface area (Å²) in [5.74, 6) is -0.490. The third kappa shape index (κ3) is 2.03. The van der Waals surface area contributed by atoms with Gasteiger partial charge in [-0.2, -0.15) is 0 Å². The molecule has 0 saturated carbocycles. The maximum atomic E-state index is 13.1. The predicted octanol–water partition coefficient (Wildman–Crippen LogP) is 1.79. The number of aliphatic hydroxyl groups excluding tert-OH is 1. The van der Waals surface area contributed by atoms with Gasteiger partial charge in [-0.1, -0.05) is 0 Å². The molecule has 1 aromatic rings. The molecule has 0 aromatic carbocycles. The van der Waals surface area contributed by atoms with Gasteiger partial charge < -0.3 is 10.2 Å². The number of pyridine rings is 1. The minimum Gasteiger partial charge on any atom is -0.465 e. The van der Waals surface area contributed by atoms with Crippen LogP contribution in [0, 0.1) is 5.82 Å². The van der Waals surface area contributed by atoms with Crippen LogP contribution in [0.4, 0.5) is 9.18 Å². The summed E-state index contributed by atoms with van der Waals surface area (Å²) < 4.78 is 13.1. The van der Waals surface area contributed by atoms with Gasteiger partial charge in [0.2, 0.25) is 0 Å². The summed E-state index contributed by atoms with van der Waals surface area (Å²) in [4.78, 5) is 16.3. The van der Waals surface area contributed by atoms with Crippen molar-refractivity contribution in [2.45, 2.75) is 31.3 Å². The lowest BCUT2D eigenvalue weighted by Gasteiger charge is -2.34. The zero-order valence-corrected chi connectivity index (χ0v) is 10.0. The fourth-order valence-corrected chi connectivity index (χ4v) is 2.52. The van der Waals surface area contributed by atoms with E-state index in [9.17, 15) is 19.4 Å². The van der Waals surface area contributed by atoms with E-state index in [4.69, 9.17) is 0 Å². The summed E-state index contributed by atoms with van der Waals surface area (Å²) in [6.07, 6.45) is 2.52. The third-order valence-electron chi connectivity index (χ3n) is 3.51. The van der Waals surface area contributed by atoms with Crippen molar-refractivity contribution in [2.24, 2.45) is 0 Å². The highest BCUT2D eigenvalue weighted by atomic mass is 19.1. The summed E-state index contributed by atoms with van der Waals surface area (Å²) in [5.41, 5.74) is -0.294. The molecule has 2 heterocycles. The molecule has 98 valence electrons. The number of likely N-dealkylation sites (tertiary alicyclic amines) is 1. The number of hydrogen-bond donors (Lipinski definition) is 2. The number of nitrogens with zero attached hydrogens (tertiary/aromatic N) is 2. The van der Waals surface area contributed by atoms with Crippen LogP contribution in [0.3, 0.4) is 0 Å². The Morgan fingerprint density at radius 2 is 2.39 bits per heavy atom. The molecule has 0 unspecified atom stereocenters. The van der Waals surface area contributed by atoms with Gasteiger partial charge in [-0.3, -0.25) is 9.88 Å². The molecular formula is C12H15FN2O3. The van der Waals surface area contributed by atoms with Crippen molar-refractivity contribution in [3.63, 3.8) is 0 Å². The molecule has 6 heteroatoms. The lowest BCUT2D eigenvalue weighted by molar-refractivity contribution is 0.0525. The van der Waals surface area contributed by atoms with Gasteiger partial charge in [0.05, 0.1) is 24.4 Å². The van der Waals surface area contributed by atoms with Crippen LogP contribution in [0.15, 0.2) is 18.5 Å². The van der Waals surface area contributed by atoms with Gasteiger partial charge in [-0.25, -0.2) is 9.18 Å². The van der Waals surface area contributed by atoms with Crippen LogP contribution >= 0.6 is 0 Å². The molecule has 2 rings (SSSR count). The highest BCUT2D eigenvalue weighted by Crippen LogP contribution is 2.42. The molecule has 2 N–H and O–H groups in total. The Bertz CT molecular complexity index is 468. The lowest BCUT2D eigenvalue weighted by atomic mass is 10.0. The van der Waals surface area contributed by atoms with Gasteiger partial charge in [0, 0.05) is 6.20 Å². The Hall–Kier alpha value is -1.69. The van der Waals surface area contributed by atoms with E-state index in [0.29, 0.717) is 18.4 Å². The van der Waals surface area contributed by atoms with Crippen LogP contribution in [0.2, 0.25) is 0 Å². The summed E-state index contributed by atoms with van der Waals surface area (Å²) in [6.45, 7) is 1.44. The summed E-state index contributed by atoms with van der Waals surface area (Å²) in [5, 5.41) is 18.7. The Balaban J connectivity index is 2.37. The molecule has 1 amide bonds. The molecule has 1 aromatic heterocycles.